The number of carbonyl (C=O) groups is 1. The van der Waals surface area contributed by atoms with E-state index in [2.05, 4.69) is 15.1 Å². The fourth-order valence-electron chi connectivity index (χ4n) is 4.22. The van der Waals surface area contributed by atoms with E-state index in [9.17, 15) is 4.79 Å². The number of rotatable bonds is 8. The highest BCUT2D eigenvalue weighted by Gasteiger charge is 2.26. The molecular weight excluding hydrogens is 472 g/mol. The average Bonchev–Trinajstić information content (AvgIpc) is 3.18. The van der Waals surface area contributed by atoms with Crippen molar-refractivity contribution in [1.29, 1.82) is 0 Å². The van der Waals surface area contributed by atoms with Gasteiger partial charge in [-0.15, -0.1) is 0 Å². The van der Waals surface area contributed by atoms with Gasteiger partial charge < -0.3 is 19.3 Å². The van der Waals surface area contributed by atoms with Crippen LogP contribution >= 0.6 is 0 Å². The van der Waals surface area contributed by atoms with E-state index in [1.165, 1.54) is 22.2 Å². The molecular formula is C24H22B3FN6O3. The number of aromatic nitrogens is 4. The van der Waals surface area contributed by atoms with Gasteiger partial charge in [-0.05, 0) is 18.3 Å². The maximum absolute atomic E-state index is 15.3. The van der Waals surface area contributed by atoms with Crippen LogP contribution in [-0.4, -0.2) is 76.2 Å². The summed E-state index contributed by atoms with van der Waals surface area (Å²) in [6, 6.07) is 3.63. The van der Waals surface area contributed by atoms with Crippen LogP contribution in [0.3, 0.4) is 0 Å². The van der Waals surface area contributed by atoms with Crippen LogP contribution in [0, 0.1) is 12.7 Å². The molecule has 37 heavy (non-hydrogen) atoms. The standard InChI is InChI=1S/C24H22B3FN6O3/c1-13-16(11-33(3)31-13)14-6-15-18(7-20(14)36-5)30-9-19(32(2)12-35)22(15)34(4)23-17(28)8-29-10-21(23)37-24(25,26)27/h6-12H,1-5H3. The number of fused-ring (bicyclic) bond motifs is 1. The van der Waals surface area contributed by atoms with Crippen LogP contribution in [0.25, 0.3) is 22.0 Å². The largest absolute Gasteiger partial charge is 0.512 e. The average molecular weight is 494 g/mol. The Kier molecular flexibility index (Phi) is 6.90. The fourth-order valence-corrected chi connectivity index (χ4v) is 4.22. The normalized spacial score (nSPS) is 11.4. The number of nitrogens with zero attached hydrogens (tertiary/aromatic N) is 6. The number of amides is 1. The topological polar surface area (TPSA) is 85.6 Å². The lowest BCUT2D eigenvalue weighted by atomic mass is 9.52. The SMILES string of the molecule is [B]C([B])([B])Oc1cncc(F)c1N(C)c1c(N(C)C=O)cnc2cc(OC)c(-c3cn(C)nc3C)cc12. The van der Waals surface area contributed by atoms with E-state index in [0.717, 1.165) is 23.0 Å². The van der Waals surface area contributed by atoms with Crippen molar-refractivity contribution in [3.05, 3.63) is 48.4 Å². The zero-order chi connectivity index (χ0) is 27.1. The van der Waals surface area contributed by atoms with Gasteiger partial charge in [-0.3, -0.25) is 19.4 Å². The van der Waals surface area contributed by atoms with Crippen LogP contribution in [0.15, 0.2) is 36.9 Å². The molecule has 0 atom stereocenters. The molecule has 0 bridgehead atoms. The van der Waals surface area contributed by atoms with E-state index in [-0.39, 0.29) is 11.4 Å². The molecule has 4 aromatic rings. The first kappa shape index (κ1) is 26.1. The molecule has 13 heteroatoms. The molecule has 3 heterocycles. The lowest BCUT2D eigenvalue weighted by Gasteiger charge is -2.31. The summed E-state index contributed by atoms with van der Waals surface area (Å²) < 4.78 is 28.0. The van der Waals surface area contributed by atoms with Crippen molar-refractivity contribution >= 4 is 57.9 Å². The van der Waals surface area contributed by atoms with E-state index < -0.39 is 11.1 Å². The van der Waals surface area contributed by atoms with Crippen molar-refractivity contribution in [3.63, 3.8) is 0 Å². The molecule has 0 aliphatic rings. The summed E-state index contributed by atoms with van der Waals surface area (Å²) in [5.41, 5.74) is 3.67. The minimum Gasteiger partial charge on any atom is -0.512 e. The lowest BCUT2D eigenvalue weighted by Crippen LogP contribution is -2.38. The Morgan fingerprint density at radius 2 is 1.81 bits per heavy atom. The highest BCUT2D eigenvalue weighted by atomic mass is 19.1. The molecule has 4 rings (SSSR count). The predicted octanol–water partition coefficient (Wildman–Crippen LogP) is 2.34. The summed E-state index contributed by atoms with van der Waals surface area (Å²) in [4.78, 5) is 23.0. The second kappa shape index (κ2) is 9.80. The van der Waals surface area contributed by atoms with Crippen molar-refractivity contribution in [1.82, 2.24) is 19.7 Å². The Balaban J connectivity index is 2.06. The van der Waals surface area contributed by atoms with Crippen molar-refractivity contribution in [2.24, 2.45) is 7.05 Å². The first-order valence-corrected chi connectivity index (χ1v) is 11.1. The van der Waals surface area contributed by atoms with Crippen molar-refractivity contribution in [3.8, 4) is 22.6 Å². The molecule has 6 radical (unpaired) electrons. The molecule has 0 aliphatic heterocycles. The quantitative estimate of drug-likeness (QED) is 0.275. The van der Waals surface area contributed by atoms with E-state index in [4.69, 9.17) is 33.0 Å². The first-order valence-electron chi connectivity index (χ1n) is 11.1. The molecule has 1 aromatic carbocycles. The number of anilines is 3. The van der Waals surface area contributed by atoms with Gasteiger partial charge in [0.25, 0.3) is 0 Å². The van der Waals surface area contributed by atoms with Crippen molar-refractivity contribution in [2.45, 2.75) is 12.2 Å². The maximum Gasteiger partial charge on any atom is 0.213 e. The van der Waals surface area contributed by atoms with Gasteiger partial charge in [0.05, 0.1) is 48.3 Å². The molecule has 0 fully saturated rings. The smallest absolute Gasteiger partial charge is 0.213 e. The molecule has 182 valence electrons. The Labute approximate surface area is 217 Å². The van der Waals surface area contributed by atoms with Gasteiger partial charge in [0, 0.05) is 49.9 Å². The Bertz CT molecular complexity index is 1490. The molecule has 0 aliphatic carbocycles. The Morgan fingerprint density at radius 3 is 2.41 bits per heavy atom. The highest BCUT2D eigenvalue weighted by Crippen LogP contribution is 2.45. The summed E-state index contributed by atoms with van der Waals surface area (Å²) in [6.45, 7) is 1.88. The number of carbonyl (C=O) groups excluding carboxylic acids is 1. The van der Waals surface area contributed by atoms with E-state index in [1.54, 1.807) is 32.0 Å². The van der Waals surface area contributed by atoms with E-state index >= 15 is 4.39 Å². The summed E-state index contributed by atoms with van der Waals surface area (Å²) in [7, 11) is 23.4. The summed E-state index contributed by atoms with van der Waals surface area (Å²) in [5.74, 6) is -0.262. The van der Waals surface area contributed by atoms with Gasteiger partial charge in [0.15, 0.2) is 11.6 Å². The number of hydrogen-bond donors (Lipinski definition) is 0. The van der Waals surface area contributed by atoms with Crippen LogP contribution in [0.1, 0.15) is 5.69 Å². The third-order valence-electron chi connectivity index (χ3n) is 5.78. The van der Waals surface area contributed by atoms with Gasteiger partial charge >= 0.3 is 0 Å². The number of benzene rings is 1. The zero-order valence-corrected chi connectivity index (χ0v) is 21.1. The number of aryl methyl sites for hydroxylation is 2. The minimum atomic E-state index is -2.09. The lowest BCUT2D eigenvalue weighted by molar-refractivity contribution is -0.107. The third kappa shape index (κ3) is 4.98. The van der Waals surface area contributed by atoms with Crippen molar-refractivity contribution in [2.75, 3.05) is 31.0 Å². The fraction of sp³-hybridized carbons (Fsp3) is 0.250. The molecule has 1 amide bonds. The predicted molar refractivity (Wildman–Crippen MR) is 143 cm³/mol. The monoisotopic (exact) mass is 494 g/mol. The molecule has 0 N–H and O–H groups in total. The molecule has 0 spiro atoms. The highest BCUT2D eigenvalue weighted by molar-refractivity contribution is 6.58. The number of methoxy groups -OCH3 is 1. The van der Waals surface area contributed by atoms with Crippen LogP contribution in [0.5, 0.6) is 11.5 Å². The number of ether oxygens (including phenoxy) is 2. The minimum absolute atomic E-state index is 0.0521. The molecule has 0 saturated heterocycles. The number of pyridine rings is 2. The summed E-state index contributed by atoms with van der Waals surface area (Å²) >= 11 is 0. The van der Waals surface area contributed by atoms with Crippen LogP contribution in [0.4, 0.5) is 21.5 Å². The Hall–Kier alpha value is -4.02. The first-order chi connectivity index (χ1) is 17.4. The van der Waals surface area contributed by atoms with Crippen LogP contribution in [0.2, 0.25) is 0 Å². The molecule has 0 saturated carbocycles. The number of hydrogen-bond acceptors (Lipinski definition) is 7. The van der Waals surface area contributed by atoms with Gasteiger partial charge in [0.1, 0.15) is 35.0 Å². The zero-order valence-electron chi connectivity index (χ0n) is 21.1. The number of halogens is 1. The van der Waals surface area contributed by atoms with E-state index in [0.29, 0.717) is 34.4 Å². The van der Waals surface area contributed by atoms with Crippen molar-refractivity contribution < 1.29 is 18.7 Å². The Morgan fingerprint density at radius 1 is 1.08 bits per heavy atom. The van der Waals surface area contributed by atoms with Gasteiger partial charge in [-0.2, -0.15) is 5.10 Å². The summed E-state index contributed by atoms with van der Waals surface area (Å²) in [6.07, 6.45) is 6.27. The molecule has 3 aromatic heterocycles. The van der Waals surface area contributed by atoms with Gasteiger partial charge in [0.2, 0.25) is 6.41 Å². The molecule has 9 nitrogen and oxygen atoms in total. The molecule has 0 unspecified atom stereocenters. The van der Waals surface area contributed by atoms with E-state index in [1.807, 2.05) is 26.2 Å². The second-order valence-electron chi connectivity index (χ2n) is 8.56. The second-order valence-corrected chi connectivity index (χ2v) is 8.56. The third-order valence-corrected chi connectivity index (χ3v) is 5.78. The van der Waals surface area contributed by atoms with Gasteiger partial charge in [-0.1, -0.05) is 0 Å². The summed E-state index contributed by atoms with van der Waals surface area (Å²) in [5, 5.41) is 2.94. The maximum atomic E-state index is 15.3. The van der Waals surface area contributed by atoms with Gasteiger partial charge in [-0.25, -0.2) is 4.39 Å². The van der Waals surface area contributed by atoms with Crippen LogP contribution in [-0.2, 0) is 11.8 Å². The van der Waals surface area contributed by atoms with Crippen LogP contribution < -0.4 is 19.3 Å².